The molecule has 0 aliphatic heterocycles. The first kappa shape index (κ1) is 13.8. The number of ether oxygens (including phenoxy) is 1. The summed E-state index contributed by atoms with van der Waals surface area (Å²) in [7, 11) is 0. The smallest absolute Gasteiger partial charge is 0.364 e. The Morgan fingerprint density at radius 1 is 1.29 bits per heavy atom. The molecule has 2 N–H and O–H groups in total. The average Bonchev–Trinajstić information content (AvgIpc) is 2.64. The van der Waals surface area contributed by atoms with Gasteiger partial charge in [0.15, 0.2) is 5.82 Å². The van der Waals surface area contributed by atoms with E-state index in [0.717, 1.165) is 12.8 Å². The fourth-order valence-corrected chi connectivity index (χ4v) is 1.16. The summed E-state index contributed by atoms with van der Waals surface area (Å²) in [6.45, 7) is -0.477. The summed E-state index contributed by atoms with van der Waals surface area (Å²) in [6, 6.07) is 0. The molecule has 1 rings (SSSR count). The number of hydrogen-bond donors (Lipinski definition) is 1. The summed E-state index contributed by atoms with van der Waals surface area (Å²) in [5.74, 6) is 0.284. The Bertz CT molecular complexity index is 327. The Hall–Kier alpha value is -1.22. The van der Waals surface area contributed by atoms with E-state index >= 15 is 0 Å². The van der Waals surface area contributed by atoms with E-state index in [9.17, 15) is 13.2 Å². The number of aryl methyl sites for hydroxylation is 1. The summed E-state index contributed by atoms with van der Waals surface area (Å²) >= 11 is 0. The Labute approximate surface area is 95.9 Å². The molecule has 6 nitrogen and oxygen atoms in total. The van der Waals surface area contributed by atoms with E-state index in [4.69, 9.17) is 5.73 Å². The van der Waals surface area contributed by atoms with Crippen molar-refractivity contribution in [1.29, 1.82) is 0 Å². The molecule has 0 saturated carbocycles. The van der Waals surface area contributed by atoms with Gasteiger partial charge in [-0.3, -0.25) is 0 Å². The Morgan fingerprint density at radius 2 is 2.06 bits per heavy atom. The fraction of sp³-hybridized carbons (Fsp3) is 0.875. The largest absolute Gasteiger partial charge is 0.411 e. The molecule has 0 fully saturated rings. The van der Waals surface area contributed by atoms with Crippen LogP contribution >= 0.6 is 0 Å². The lowest BCUT2D eigenvalue weighted by molar-refractivity contribution is -0.177. The Morgan fingerprint density at radius 3 is 2.71 bits per heavy atom. The molecular formula is C8H14F3N5O. The molecule has 0 aliphatic rings. The summed E-state index contributed by atoms with van der Waals surface area (Å²) < 4.78 is 41.4. The van der Waals surface area contributed by atoms with E-state index in [1.807, 2.05) is 0 Å². The van der Waals surface area contributed by atoms with Crippen LogP contribution in [-0.4, -0.2) is 39.5 Å². The maximum atomic E-state index is 11.8. The van der Waals surface area contributed by atoms with Crippen LogP contribution in [0.5, 0.6) is 0 Å². The molecule has 17 heavy (non-hydrogen) atoms. The van der Waals surface area contributed by atoms with Gasteiger partial charge in [-0.05, 0) is 29.8 Å². The van der Waals surface area contributed by atoms with E-state index in [1.165, 1.54) is 4.68 Å². The van der Waals surface area contributed by atoms with Crippen molar-refractivity contribution in [3.8, 4) is 0 Å². The van der Waals surface area contributed by atoms with Gasteiger partial charge in [0.1, 0.15) is 13.2 Å². The highest BCUT2D eigenvalue weighted by Crippen LogP contribution is 2.15. The van der Waals surface area contributed by atoms with Gasteiger partial charge in [-0.25, -0.2) is 4.68 Å². The fourth-order valence-electron chi connectivity index (χ4n) is 1.16. The van der Waals surface area contributed by atoms with Crippen molar-refractivity contribution >= 4 is 0 Å². The van der Waals surface area contributed by atoms with Crippen molar-refractivity contribution in [2.24, 2.45) is 5.73 Å². The molecule has 0 amide bonds. The van der Waals surface area contributed by atoms with Crippen LogP contribution in [-0.2, 0) is 17.9 Å². The topological polar surface area (TPSA) is 78.9 Å². The first-order valence-corrected chi connectivity index (χ1v) is 5.12. The first-order chi connectivity index (χ1) is 8.03. The number of nitrogens with zero attached hydrogens (tertiary/aromatic N) is 4. The SMILES string of the molecule is NCCCCn1nnnc1COCC(F)(F)F. The van der Waals surface area contributed by atoms with Gasteiger partial charge in [0.25, 0.3) is 0 Å². The Balaban J connectivity index is 2.35. The van der Waals surface area contributed by atoms with Gasteiger partial charge in [0, 0.05) is 6.54 Å². The van der Waals surface area contributed by atoms with Crippen LogP contribution in [0.2, 0.25) is 0 Å². The predicted molar refractivity (Wildman–Crippen MR) is 51.8 cm³/mol. The second kappa shape index (κ2) is 6.50. The van der Waals surface area contributed by atoms with Gasteiger partial charge in [0.2, 0.25) is 0 Å². The van der Waals surface area contributed by atoms with Gasteiger partial charge >= 0.3 is 6.18 Å². The second-order valence-electron chi connectivity index (χ2n) is 3.42. The number of aromatic nitrogens is 4. The molecule has 1 aromatic rings. The Kier molecular flexibility index (Phi) is 5.29. The average molecular weight is 253 g/mol. The lowest BCUT2D eigenvalue weighted by atomic mass is 10.3. The van der Waals surface area contributed by atoms with Crippen LogP contribution in [0.15, 0.2) is 0 Å². The van der Waals surface area contributed by atoms with Gasteiger partial charge in [-0.2, -0.15) is 13.2 Å². The van der Waals surface area contributed by atoms with Gasteiger partial charge in [-0.1, -0.05) is 0 Å². The van der Waals surface area contributed by atoms with E-state index in [2.05, 4.69) is 20.3 Å². The summed E-state index contributed by atoms with van der Waals surface area (Å²) in [5.41, 5.74) is 5.32. The minimum atomic E-state index is -4.34. The van der Waals surface area contributed by atoms with Gasteiger partial charge in [0.05, 0.1) is 0 Å². The molecule has 0 atom stereocenters. The van der Waals surface area contributed by atoms with Crippen molar-refractivity contribution in [1.82, 2.24) is 20.2 Å². The molecule has 0 spiro atoms. The monoisotopic (exact) mass is 253 g/mol. The third kappa shape index (κ3) is 5.59. The van der Waals surface area contributed by atoms with Crippen molar-refractivity contribution < 1.29 is 17.9 Å². The summed E-state index contributed by atoms with van der Waals surface area (Å²) in [4.78, 5) is 0. The zero-order chi connectivity index (χ0) is 12.7. The summed E-state index contributed by atoms with van der Waals surface area (Å²) in [5, 5.41) is 10.6. The maximum Gasteiger partial charge on any atom is 0.411 e. The van der Waals surface area contributed by atoms with Crippen molar-refractivity contribution in [2.45, 2.75) is 32.2 Å². The predicted octanol–water partition coefficient (Wildman–Crippen LogP) is 0.491. The molecule has 0 radical (unpaired) electrons. The van der Waals surface area contributed by atoms with Crippen LogP contribution in [0.4, 0.5) is 13.2 Å². The second-order valence-corrected chi connectivity index (χ2v) is 3.42. The zero-order valence-corrected chi connectivity index (χ0v) is 9.15. The van der Waals surface area contributed by atoms with Crippen LogP contribution < -0.4 is 5.73 Å². The van der Waals surface area contributed by atoms with Crippen molar-refractivity contribution in [3.63, 3.8) is 0 Å². The van der Waals surface area contributed by atoms with E-state index in [-0.39, 0.29) is 12.4 Å². The number of halogens is 3. The van der Waals surface area contributed by atoms with Crippen molar-refractivity contribution in [3.05, 3.63) is 5.82 Å². The third-order valence-corrected chi connectivity index (χ3v) is 1.93. The van der Waals surface area contributed by atoms with E-state index in [1.54, 1.807) is 0 Å². The lowest BCUT2D eigenvalue weighted by Gasteiger charge is -2.07. The maximum absolute atomic E-state index is 11.8. The third-order valence-electron chi connectivity index (χ3n) is 1.93. The van der Waals surface area contributed by atoms with Crippen LogP contribution in [0, 0.1) is 0 Å². The molecule has 9 heteroatoms. The van der Waals surface area contributed by atoms with Crippen LogP contribution in [0.1, 0.15) is 18.7 Å². The van der Waals surface area contributed by atoms with Crippen LogP contribution in [0.25, 0.3) is 0 Å². The summed E-state index contributed by atoms with van der Waals surface area (Å²) in [6.07, 6.45) is -2.76. The lowest BCUT2D eigenvalue weighted by Crippen LogP contribution is -2.18. The number of unbranched alkanes of at least 4 members (excludes halogenated alkanes) is 1. The number of tetrazole rings is 1. The molecule has 98 valence electrons. The first-order valence-electron chi connectivity index (χ1n) is 5.12. The molecule has 0 saturated heterocycles. The molecule has 0 bridgehead atoms. The van der Waals surface area contributed by atoms with E-state index < -0.39 is 12.8 Å². The molecular weight excluding hydrogens is 239 g/mol. The highest BCUT2D eigenvalue weighted by atomic mass is 19.4. The minimum Gasteiger partial charge on any atom is -0.364 e. The molecule has 0 unspecified atom stereocenters. The molecule has 0 aliphatic carbocycles. The molecule has 0 aromatic carbocycles. The molecule has 1 aromatic heterocycles. The standard InChI is InChI=1S/C8H14F3N5O/c9-8(10,11)6-17-5-7-13-14-15-16(7)4-2-1-3-12/h1-6,12H2. The highest BCUT2D eigenvalue weighted by Gasteiger charge is 2.27. The van der Waals surface area contributed by atoms with Crippen molar-refractivity contribution in [2.75, 3.05) is 13.2 Å². The normalized spacial score (nSPS) is 12.0. The number of rotatable bonds is 7. The van der Waals surface area contributed by atoms with Crippen LogP contribution in [0.3, 0.4) is 0 Å². The zero-order valence-electron chi connectivity index (χ0n) is 9.15. The van der Waals surface area contributed by atoms with Gasteiger partial charge in [-0.15, -0.1) is 5.10 Å². The quantitative estimate of drug-likeness (QED) is 0.715. The molecule has 1 heterocycles. The minimum absolute atomic E-state index is 0.255. The number of alkyl halides is 3. The van der Waals surface area contributed by atoms with Gasteiger partial charge < -0.3 is 10.5 Å². The number of nitrogens with two attached hydrogens (primary N) is 1. The highest BCUT2D eigenvalue weighted by molar-refractivity contribution is 4.76. The number of hydrogen-bond acceptors (Lipinski definition) is 5. The van der Waals surface area contributed by atoms with E-state index in [0.29, 0.717) is 13.1 Å².